The molecule has 2 rings (SSSR count). The van der Waals surface area contributed by atoms with Gasteiger partial charge in [0.2, 0.25) is 5.89 Å². The normalized spacial score (nSPS) is 11.2. The molecule has 138 valence electrons. The Kier molecular flexibility index (Phi) is 9.10. The van der Waals surface area contributed by atoms with Gasteiger partial charge in [-0.25, -0.2) is 4.99 Å². The van der Waals surface area contributed by atoms with Crippen molar-refractivity contribution in [2.45, 2.75) is 33.5 Å². The number of hydrogen-bond donors (Lipinski definition) is 2. The lowest BCUT2D eigenvalue weighted by Gasteiger charge is -2.11. The van der Waals surface area contributed by atoms with Gasteiger partial charge in [0.15, 0.2) is 11.8 Å². The van der Waals surface area contributed by atoms with Crippen molar-refractivity contribution < 1.29 is 18.0 Å². The van der Waals surface area contributed by atoms with Crippen LogP contribution in [0.5, 0.6) is 5.75 Å². The summed E-state index contributed by atoms with van der Waals surface area (Å²) in [7, 11) is 0. The van der Waals surface area contributed by atoms with Crippen LogP contribution in [0.4, 0.5) is 8.78 Å². The fraction of sp³-hybridized carbons (Fsp3) is 0.400. The van der Waals surface area contributed by atoms with E-state index in [0.717, 1.165) is 0 Å². The molecule has 25 heavy (non-hydrogen) atoms. The predicted octanol–water partition coefficient (Wildman–Crippen LogP) is 2.85. The van der Waals surface area contributed by atoms with Crippen molar-refractivity contribution in [2.75, 3.05) is 6.54 Å². The van der Waals surface area contributed by atoms with Gasteiger partial charge in [0.25, 0.3) is 0 Å². The maximum Gasteiger partial charge on any atom is 0.387 e. The molecule has 1 aromatic heterocycles. The van der Waals surface area contributed by atoms with Gasteiger partial charge >= 0.3 is 6.61 Å². The van der Waals surface area contributed by atoms with Gasteiger partial charge in [-0.2, -0.15) is 13.8 Å². The van der Waals surface area contributed by atoms with Crippen LogP contribution in [-0.2, 0) is 13.1 Å². The number of hydrogen-bond acceptors (Lipinski definition) is 5. The standard InChI is InChI=1S/C15H19F2N5O2.HI/c1-3-18-15(20-9-13-21-10(2)24-22-13)19-8-11-6-4-5-7-12(11)23-14(16)17;/h4-7,14H,3,8-9H2,1-2H3,(H2,18,19,20);1H. The lowest BCUT2D eigenvalue weighted by atomic mass is 10.2. The predicted molar refractivity (Wildman–Crippen MR) is 99.2 cm³/mol. The SMILES string of the molecule is CCNC(=NCc1ccccc1OC(F)F)NCc1noc(C)n1.I. The first-order valence-corrected chi connectivity index (χ1v) is 7.42. The topological polar surface area (TPSA) is 84.6 Å². The molecule has 0 radical (unpaired) electrons. The molecule has 0 spiro atoms. The zero-order valence-electron chi connectivity index (χ0n) is 13.8. The number of benzene rings is 1. The molecule has 1 heterocycles. The maximum atomic E-state index is 12.4. The molecular weight excluding hydrogens is 447 g/mol. The molecule has 0 aliphatic rings. The molecule has 0 unspecified atom stereocenters. The third kappa shape index (κ3) is 7.20. The van der Waals surface area contributed by atoms with Gasteiger partial charge in [0, 0.05) is 19.0 Å². The molecule has 2 aromatic rings. The number of rotatable bonds is 7. The second kappa shape index (κ2) is 10.8. The number of guanidine groups is 1. The third-order valence-electron chi connectivity index (χ3n) is 2.92. The van der Waals surface area contributed by atoms with E-state index < -0.39 is 6.61 Å². The number of aromatic nitrogens is 2. The minimum atomic E-state index is -2.87. The summed E-state index contributed by atoms with van der Waals surface area (Å²) in [5.41, 5.74) is 0.561. The summed E-state index contributed by atoms with van der Waals surface area (Å²) >= 11 is 0. The number of ether oxygens (including phenoxy) is 1. The number of alkyl halides is 2. The van der Waals surface area contributed by atoms with E-state index in [1.165, 1.54) is 6.07 Å². The van der Waals surface area contributed by atoms with Gasteiger partial charge in [-0.05, 0) is 13.0 Å². The first-order valence-electron chi connectivity index (χ1n) is 7.42. The Balaban J connectivity index is 0.00000312. The van der Waals surface area contributed by atoms with E-state index in [0.29, 0.717) is 36.3 Å². The minimum Gasteiger partial charge on any atom is -0.434 e. The number of nitrogens with one attached hydrogen (secondary N) is 2. The van der Waals surface area contributed by atoms with Gasteiger partial charge < -0.3 is 19.9 Å². The van der Waals surface area contributed by atoms with Crippen molar-refractivity contribution >= 4 is 29.9 Å². The number of aryl methyl sites for hydroxylation is 1. The highest BCUT2D eigenvalue weighted by molar-refractivity contribution is 14.0. The zero-order valence-corrected chi connectivity index (χ0v) is 16.2. The molecule has 0 bridgehead atoms. The van der Waals surface area contributed by atoms with Gasteiger partial charge in [-0.3, -0.25) is 0 Å². The molecule has 7 nitrogen and oxygen atoms in total. The average molecular weight is 467 g/mol. The van der Waals surface area contributed by atoms with Gasteiger partial charge in [-0.1, -0.05) is 23.4 Å². The first kappa shape index (κ1) is 21.1. The van der Waals surface area contributed by atoms with Crippen molar-refractivity contribution in [2.24, 2.45) is 4.99 Å². The summed E-state index contributed by atoms with van der Waals surface area (Å²) in [6.07, 6.45) is 0. The maximum absolute atomic E-state index is 12.4. The van der Waals surface area contributed by atoms with E-state index in [4.69, 9.17) is 4.52 Å². The van der Waals surface area contributed by atoms with Crippen molar-refractivity contribution in [3.8, 4) is 5.75 Å². The number of para-hydroxylation sites is 1. The Morgan fingerprint density at radius 2 is 2.08 bits per heavy atom. The van der Waals surface area contributed by atoms with Crippen molar-refractivity contribution in [3.05, 3.63) is 41.5 Å². The smallest absolute Gasteiger partial charge is 0.387 e. The molecule has 0 fully saturated rings. The van der Waals surface area contributed by atoms with Crippen LogP contribution in [0.15, 0.2) is 33.8 Å². The summed E-state index contributed by atoms with van der Waals surface area (Å²) in [6, 6.07) is 6.55. The van der Waals surface area contributed by atoms with Crippen LogP contribution < -0.4 is 15.4 Å². The molecule has 2 N–H and O–H groups in total. The lowest BCUT2D eigenvalue weighted by Crippen LogP contribution is -2.37. The van der Waals surface area contributed by atoms with Crippen molar-refractivity contribution in [1.29, 1.82) is 0 Å². The second-order valence-corrected chi connectivity index (χ2v) is 4.76. The fourth-order valence-corrected chi connectivity index (χ4v) is 1.93. The molecule has 0 saturated carbocycles. The Hall–Kier alpha value is -1.98. The zero-order chi connectivity index (χ0) is 17.4. The molecular formula is C15H20F2IN5O2. The van der Waals surface area contributed by atoms with Crippen LogP contribution in [0.1, 0.15) is 24.2 Å². The Morgan fingerprint density at radius 1 is 1.32 bits per heavy atom. The van der Waals surface area contributed by atoms with Gasteiger partial charge in [0.1, 0.15) is 5.75 Å². The summed E-state index contributed by atoms with van der Waals surface area (Å²) in [5, 5.41) is 9.88. The Bertz CT molecular complexity index is 681. The monoisotopic (exact) mass is 467 g/mol. The Morgan fingerprint density at radius 3 is 2.72 bits per heavy atom. The van der Waals surface area contributed by atoms with Crippen LogP contribution >= 0.6 is 24.0 Å². The van der Waals surface area contributed by atoms with Gasteiger partial charge in [-0.15, -0.1) is 24.0 Å². The number of aliphatic imine (C=N–C) groups is 1. The minimum absolute atomic E-state index is 0. The summed E-state index contributed by atoms with van der Waals surface area (Å²) in [6.45, 7) is 1.91. The highest BCUT2D eigenvalue weighted by atomic mass is 127. The fourth-order valence-electron chi connectivity index (χ4n) is 1.93. The summed E-state index contributed by atoms with van der Waals surface area (Å²) in [5.74, 6) is 1.60. The Labute approximate surface area is 161 Å². The van der Waals surface area contributed by atoms with Crippen LogP contribution in [0.25, 0.3) is 0 Å². The van der Waals surface area contributed by atoms with E-state index >= 15 is 0 Å². The lowest BCUT2D eigenvalue weighted by molar-refractivity contribution is -0.0504. The van der Waals surface area contributed by atoms with Crippen LogP contribution in [0.2, 0.25) is 0 Å². The van der Waals surface area contributed by atoms with Crippen molar-refractivity contribution in [3.63, 3.8) is 0 Å². The average Bonchev–Trinajstić information content (AvgIpc) is 2.96. The molecule has 0 amide bonds. The molecule has 0 aliphatic carbocycles. The van der Waals surface area contributed by atoms with E-state index in [1.54, 1.807) is 25.1 Å². The van der Waals surface area contributed by atoms with E-state index in [1.807, 2.05) is 6.92 Å². The summed E-state index contributed by atoms with van der Waals surface area (Å²) < 4.78 is 34.2. The second-order valence-electron chi connectivity index (χ2n) is 4.76. The first-order chi connectivity index (χ1) is 11.6. The third-order valence-corrected chi connectivity index (χ3v) is 2.92. The van der Waals surface area contributed by atoms with E-state index in [2.05, 4.69) is 30.5 Å². The molecule has 1 aromatic carbocycles. The van der Waals surface area contributed by atoms with E-state index in [9.17, 15) is 8.78 Å². The van der Waals surface area contributed by atoms with Crippen LogP contribution in [0.3, 0.4) is 0 Å². The number of halogens is 3. The summed E-state index contributed by atoms with van der Waals surface area (Å²) in [4.78, 5) is 8.44. The molecule has 0 saturated heterocycles. The molecule has 0 aliphatic heterocycles. The van der Waals surface area contributed by atoms with Crippen LogP contribution in [-0.4, -0.2) is 29.3 Å². The largest absolute Gasteiger partial charge is 0.434 e. The highest BCUT2D eigenvalue weighted by Gasteiger charge is 2.09. The van der Waals surface area contributed by atoms with Crippen molar-refractivity contribution in [1.82, 2.24) is 20.8 Å². The highest BCUT2D eigenvalue weighted by Crippen LogP contribution is 2.20. The van der Waals surface area contributed by atoms with Crippen LogP contribution in [0, 0.1) is 6.92 Å². The number of nitrogens with zero attached hydrogens (tertiary/aromatic N) is 3. The molecule has 0 atom stereocenters. The quantitative estimate of drug-likeness (QED) is 0.370. The molecule has 10 heteroatoms. The van der Waals surface area contributed by atoms with E-state index in [-0.39, 0.29) is 36.3 Å². The van der Waals surface area contributed by atoms with Gasteiger partial charge in [0.05, 0.1) is 13.1 Å².